The SMILES string of the molecule is CCOC(=O)c1cc(N(CC)CC2CCCO2)ncc1N. The van der Waals surface area contributed by atoms with Crippen molar-refractivity contribution in [3.05, 3.63) is 17.8 Å². The topological polar surface area (TPSA) is 77.7 Å². The zero-order valence-electron chi connectivity index (χ0n) is 12.7. The molecule has 0 saturated carbocycles. The molecular formula is C15H23N3O3. The number of nitrogens with zero attached hydrogens (tertiary/aromatic N) is 2. The number of aromatic nitrogens is 1. The number of nitrogen functional groups attached to an aromatic ring is 1. The molecule has 2 heterocycles. The van der Waals surface area contributed by atoms with Gasteiger partial charge in [0.2, 0.25) is 0 Å². The van der Waals surface area contributed by atoms with E-state index in [-0.39, 0.29) is 6.10 Å². The third-order valence-electron chi connectivity index (χ3n) is 3.57. The fraction of sp³-hybridized carbons (Fsp3) is 0.600. The van der Waals surface area contributed by atoms with E-state index in [1.54, 1.807) is 13.0 Å². The summed E-state index contributed by atoms with van der Waals surface area (Å²) in [6, 6.07) is 1.70. The van der Waals surface area contributed by atoms with Crippen molar-refractivity contribution >= 4 is 17.5 Å². The fourth-order valence-corrected chi connectivity index (χ4v) is 2.43. The van der Waals surface area contributed by atoms with E-state index >= 15 is 0 Å². The van der Waals surface area contributed by atoms with Gasteiger partial charge in [0.15, 0.2) is 0 Å². The second-order valence-electron chi connectivity index (χ2n) is 5.02. The first kappa shape index (κ1) is 15.6. The lowest BCUT2D eigenvalue weighted by atomic mass is 10.2. The summed E-state index contributed by atoms with van der Waals surface area (Å²) in [6.07, 6.45) is 3.91. The van der Waals surface area contributed by atoms with Gasteiger partial charge in [-0.3, -0.25) is 0 Å². The summed E-state index contributed by atoms with van der Waals surface area (Å²) in [5, 5.41) is 0. The van der Waals surface area contributed by atoms with Crippen molar-refractivity contribution in [3.8, 4) is 0 Å². The third kappa shape index (κ3) is 3.85. The Bertz CT molecular complexity index is 487. The average molecular weight is 293 g/mol. The molecule has 1 aliphatic rings. The highest BCUT2D eigenvalue weighted by molar-refractivity contribution is 5.95. The molecule has 1 aromatic heterocycles. The normalized spacial score (nSPS) is 17.7. The van der Waals surface area contributed by atoms with Gasteiger partial charge in [0, 0.05) is 19.7 Å². The predicted molar refractivity (Wildman–Crippen MR) is 81.5 cm³/mol. The van der Waals surface area contributed by atoms with Crippen molar-refractivity contribution in [1.82, 2.24) is 4.98 Å². The summed E-state index contributed by atoms with van der Waals surface area (Å²) < 4.78 is 10.7. The number of carbonyl (C=O) groups is 1. The molecule has 21 heavy (non-hydrogen) atoms. The van der Waals surface area contributed by atoms with Gasteiger partial charge < -0.3 is 20.1 Å². The molecule has 6 nitrogen and oxygen atoms in total. The van der Waals surface area contributed by atoms with Crippen LogP contribution < -0.4 is 10.6 Å². The van der Waals surface area contributed by atoms with E-state index in [1.165, 1.54) is 6.20 Å². The van der Waals surface area contributed by atoms with Crippen molar-refractivity contribution in [2.45, 2.75) is 32.8 Å². The highest BCUT2D eigenvalue weighted by Crippen LogP contribution is 2.21. The monoisotopic (exact) mass is 293 g/mol. The second kappa shape index (κ2) is 7.26. The van der Waals surface area contributed by atoms with Crippen molar-refractivity contribution in [3.63, 3.8) is 0 Å². The van der Waals surface area contributed by atoms with Crippen LogP contribution in [0.15, 0.2) is 12.3 Å². The quantitative estimate of drug-likeness (QED) is 0.806. The van der Waals surface area contributed by atoms with Crippen LogP contribution >= 0.6 is 0 Å². The minimum atomic E-state index is -0.410. The van der Waals surface area contributed by atoms with E-state index in [4.69, 9.17) is 15.2 Å². The van der Waals surface area contributed by atoms with E-state index in [2.05, 4.69) is 16.8 Å². The van der Waals surface area contributed by atoms with Gasteiger partial charge in [0.25, 0.3) is 0 Å². The number of ether oxygens (including phenoxy) is 2. The largest absolute Gasteiger partial charge is 0.462 e. The number of rotatable bonds is 6. The summed E-state index contributed by atoms with van der Waals surface area (Å²) in [5.41, 5.74) is 6.53. The molecule has 1 unspecified atom stereocenters. The Labute approximate surface area is 125 Å². The van der Waals surface area contributed by atoms with Gasteiger partial charge in [-0.1, -0.05) is 0 Å². The number of hydrogen-bond donors (Lipinski definition) is 1. The molecule has 0 radical (unpaired) electrons. The smallest absolute Gasteiger partial charge is 0.340 e. The Balaban J connectivity index is 2.16. The molecule has 0 aromatic carbocycles. The molecule has 6 heteroatoms. The third-order valence-corrected chi connectivity index (χ3v) is 3.57. The number of esters is 1. The van der Waals surface area contributed by atoms with Crippen molar-refractivity contribution in [1.29, 1.82) is 0 Å². The second-order valence-corrected chi connectivity index (χ2v) is 5.02. The molecule has 1 saturated heterocycles. The molecule has 2 N–H and O–H groups in total. The first-order chi connectivity index (χ1) is 10.2. The lowest BCUT2D eigenvalue weighted by Gasteiger charge is -2.25. The van der Waals surface area contributed by atoms with Gasteiger partial charge in [-0.25, -0.2) is 9.78 Å². The summed E-state index contributed by atoms with van der Waals surface area (Å²) >= 11 is 0. The van der Waals surface area contributed by atoms with Crippen molar-refractivity contribution < 1.29 is 14.3 Å². The number of hydrogen-bond acceptors (Lipinski definition) is 6. The molecule has 1 aliphatic heterocycles. The van der Waals surface area contributed by atoms with E-state index < -0.39 is 5.97 Å². The van der Waals surface area contributed by atoms with Crippen molar-refractivity contribution in [2.75, 3.05) is 36.9 Å². The van der Waals surface area contributed by atoms with E-state index in [0.717, 1.165) is 38.4 Å². The van der Waals surface area contributed by atoms with Gasteiger partial charge in [0.05, 0.1) is 30.2 Å². The maximum Gasteiger partial charge on any atom is 0.340 e. The van der Waals surface area contributed by atoms with Crippen LogP contribution in [0.5, 0.6) is 0 Å². The van der Waals surface area contributed by atoms with Crippen molar-refractivity contribution in [2.24, 2.45) is 0 Å². The summed E-state index contributed by atoms with van der Waals surface area (Å²) in [5.74, 6) is 0.317. The molecule has 1 aromatic rings. The van der Waals surface area contributed by atoms with Crippen LogP contribution in [0.1, 0.15) is 37.0 Å². The molecule has 1 atom stereocenters. The van der Waals surface area contributed by atoms with E-state index in [9.17, 15) is 4.79 Å². The molecule has 0 aliphatic carbocycles. The first-order valence-electron chi connectivity index (χ1n) is 7.44. The van der Waals surface area contributed by atoms with Gasteiger partial charge in [0.1, 0.15) is 5.82 Å². The van der Waals surface area contributed by atoms with Crippen LogP contribution in [0.4, 0.5) is 11.5 Å². The fourth-order valence-electron chi connectivity index (χ4n) is 2.43. The molecule has 0 amide bonds. The Morgan fingerprint density at radius 2 is 2.38 bits per heavy atom. The van der Waals surface area contributed by atoms with Crippen LogP contribution in [0.3, 0.4) is 0 Å². The zero-order chi connectivity index (χ0) is 15.2. The highest BCUT2D eigenvalue weighted by Gasteiger charge is 2.21. The Hall–Kier alpha value is -1.82. The van der Waals surface area contributed by atoms with Gasteiger partial charge >= 0.3 is 5.97 Å². The number of nitrogens with two attached hydrogens (primary N) is 1. The van der Waals surface area contributed by atoms with Crippen LogP contribution in [-0.4, -0.2) is 43.4 Å². The molecular weight excluding hydrogens is 270 g/mol. The van der Waals surface area contributed by atoms with Crippen LogP contribution in [-0.2, 0) is 9.47 Å². The van der Waals surface area contributed by atoms with E-state index in [0.29, 0.717) is 17.9 Å². The maximum atomic E-state index is 11.9. The lowest BCUT2D eigenvalue weighted by Crippen LogP contribution is -2.32. The molecule has 0 bridgehead atoms. The van der Waals surface area contributed by atoms with Crippen LogP contribution in [0.2, 0.25) is 0 Å². The Morgan fingerprint density at radius 1 is 1.57 bits per heavy atom. The molecule has 0 spiro atoms. The Morgan fingerprint density at radius 3 is 3.00 bits per heavy atom. The highest BCUT2D eigenvalue weighted by atomic mass is 16.5. The number of carbonyl (C=O) groups excluding carboxylic acids is 1. The Kier molecular flexibility index (Phi) is 5.38. The molecule has 116 valence electrons. The molecule has 1 fully saturated rings. The standard InChI is InChI=1S/C15H23N3O3/c1-3-18(10-11-6-5-7-21-11)14-8-12(13(16)9-17-14)15(19)20-4-2/h8-9,11H,3-7,10,16H2,1-2H3. The number of likely N-dealkylation sites (N-methyl/N-ethyl adjacent to an activating group) is 1. The van der Waals surface area contributed by atoms with Gasteiger partial charge in [-0.05, 0) is 32.8 Å². The average Bonchev–Trinajstić information content (AvgIpc) is 2.98. The number of pyridine rings is 1. The van der Waals surface area contributed by atoms with Gasteiger partial charge in [-0.2, -0.15) is 0 Å². The lowest BCUT2D eigenvalue weighted by molar-refractivity contribution is 0.0527. The van der Waals surface area contributed by atoms with Crippen LogP contribution in [0.25, 0.3) is 0 Å². The zero-order valence-corrected chi connectivity index (χ0v) is 12.7. The first-order valence-corrected chi connectivity index (χ1v) is 7.44. The van der Waals surface area contributed by atoms with Crippen LogP contribution in [0, 0.1) is 0 Å². The number of anilines is 2. The molecule has 2 rings (SSSR count). The minimum absolute atomic E-state index is 0.232. The van der Waals surface area contributed by atoms with E-state index in [1.807, 2.05) is 0 Å². The maximum absolute atomic E-state index is 11.9. The summed E-state index contributed by atoms with van der Waals surface area (Å²) in [4.78, 5) is 18.3. The van der Waals surface area contributed by atoms with Gasteiger partial charge in [-0.15, -0.1) is 0 Å². The minimum Gasteiger partial charge on any atom is -0.462 e. The summed E-state index contributed by atoms with van der Waals surface area (Å²) in [7, 11) is 0. The summed E-state index contributed by atoms with van der Waals surface area (Å²) in [6.45, 7) is 6.53. The predicted octanol–water partition coefficient (Wildman–Crippen LogP) is 1.85.